The predicted octanol–water partition coefficient (Wildman–Crippen LogP) is 1.87. The molecule has 0 bridgehead atoms. The zero-order valence-corrected chi connectivity index (χ0v) is 8.23. The van der Waals surface area contributed by atoms with Crippen molar-refractivity contribution in [3.63, 3.8) is 0 Å². The molecule has 1 aromatic rings. The Balaban J connectivity index is 2.92. The number of halogens is 1. The van der Waals surface area contributed by atoms with Gasteiger partial charge in [0.25, 0.3) is 0 Å². The van der Waals surface area contributed by atoms with Gasteiger partial charge < -0.3 is 10.2 Å². The minimum absolute atomic E-state index is 0.0459. The van der Waals surface area contributed by atoms with Gasteiger partial charge in [-0.15, -0.1) is 0 Å². The molecule has 0 aliphatic rings. The molecule has 0 saturated heterocycles. The van der Waals surface area contributed by atoms with E-state index in [1.165, 1.54) is 18.2 Å². The van der Waals surface area contributed by atoms with Gasteiger partial charge in [-0.3, -0.25) is 4.79 Å². The van der Waals surface area contributed by atoms with Crippen LogP contribution in [0.2, 0.25) is 5.02 Å². The molecular weight excluding hydrogens is 220 g/mol. The number of phenolic OH excluding ortho intramolecular Hbond substituents is 1. The van der Waals surface area contributed by atoms with Gasteiger partial charge in [0.05, 0.1) is 5.02 Å². The van der Waals surface area contributed by atoms with Crippen LogP contribution in [0.15, 0.2) is 30.4 Å². The van der Waals surface area contributed by atoms with Crippen molar-refractivity contribution in [1.29, 1.82) is 0 Å². The zero-order chi connectivity index (χ0) is 11.4. The van der Waals surface area contributed by atoms with E-state index in [1.54, 1.807) is 0 Å². The third kappa shape index (κ3) is 3.11. The molecule has 0 atom stereocenters. The molecule has 4 nitrogen and oxygen atoms in total. The molecule has 0 radical (unpaired) electrons. The molecule has 0 unspecified atom stereocenters. The van der Waals surface area contributed by atoms with Gasteiger partial charge in [-0.05, 0) is 24.3 Å². The number of phenols is 1. The first-order valence-corrected chi connectivity index (χ1v) is 4.32. The summed E-state index contributed by atoms with van der Waals surface area (Å²) >= 11 is 5.58. The molecule has 0 fully saturated rings. The van der Waals surface area contributed by atoms with Crippen molar-refractivity contribution >= 4 is 23.4 Å². The summed E-state index contributed by atoms with van der Waals surface area (Å²) in [5.74, 6) is -1.82. The highest BCUT2D eigenvalue weighted by atomic mass is 35.5. The summed E-state index contributed by atoms with van der Waals surface area (Å²) in [6.07, 6.45) is 1.66. The highest BCUT2D eigenvalue weighted by Gasteiger charge is 2.05. The Labute approximate surface area is 90.4 Å². The molecule has 5 heteroatoms. The van der Waals surface area contributed by atoms with Gasteiger partial charge in [0, 0.05) is 11.6 Å². The molecular formula is C10H7ClO4. The summed E-state index contributed by atoms with van der Waals surface area (Å²) in [5.41, 5.74) is 0.218. The van der Waals surface area contributed by atoms with Gasteiger partial charge in [-0.2, -0.15) is 0 Å². The topological polar surface area (TPSA) is 74.6 Å². The lowest BCUT2D eigenvalue weighted by molar-refractivity contribution is -0.131. The first kappa shape index (κ1) is 11.3. The van der Waals surface area contributed by atoms with Crippen LogP contribution in [-0.2, 0) is 4.79 Å². The van der Waals surface area contributed by atoms with Crippen LogP contribution in [0.3, 0.4) is 0 Å². The molecule has 1 aromatic carbocycles. The van der Waals surface area contributed by atoms with Crippen LogP contribution in [0.5, 0.6) is 5.75 Å². The first-order chi connectivity index (χ1) is 7.00. The molecule has 1 rings (SSSR count). The van der Waals surface area contributed by atoms with Gasteiger partial charge in [-0.25, -0.2) is 4.79 Å². The van der Waals surface area contributed by atoms with E-state index in [9.17, 15) is 9.59 Å². The van der Waals surface area contributed by atoms with E-state index in [-0.39, 0.29) is 16.3 Å². The van der Waals surface area contributed by atoms with Crippen molar-refractivity contribution in [2.75, 3.05) is 0 Å². The summed E-state index contributed by atoms with van der Waals surface area (Å²) in [6.45, 7) is 0. The second kappa shape index (κ2) is 4.61. The quantitative estimate of drug-likeness (QED) is 0.610. The average Bonchev–Trinajstić information content (AvgIpc) is 2.18. The fourth-order valence-electron chi connectivity index (χ4n) is 0.903. The Morgan fingerprint density at radius 1 is 1.27 bits per heavy atom. The van der Waals surface area contributed by atoms with E-state index >= 15 is 0 Å². The molecule has 0 spiro atoms. The summed E-state index contributed by atoms with van der Waals surface area (Å²) < 4.78 is 0. The van der Waals surface area contributed by atoms with Crippen LogP contribution in [0.25, 0.3) is 0 Å². The minimum Gasteiger partial charge on any atom is -0.506 e. The monoisotopic (exact) mass is 226 g/mol. The van der Waals surface area contributed by atoms with Crippen molar-refractivity contribution in [2.45, 2.75) is 0 Å². The van der Waals surface area contributed by atoms with Crippen LogP contribution in [0.1, 0.15) is 10.4 Å². The Bertz CT molecular complexity index is 437. The minimum atomic E-state index is -1.20. The van der Waals surface area contributed by atoms with E-state index < -0.39 is 11.8 Å². The van der Waals surface area contributed by atoms with Crippen LogP contribution in [0.4, 0.5) is 0 Å². The number of hydrogen-bond donors (Lipinski definition) is 2. The fourth-order valence-corrected chi connectivity index (χ4v) is 1.08. The molecule has 0 aliphatic heterocycles. The van der Waals surface area contributed by atoms with E-state index in [0.29, 0.717) is 0 Å². The highest BCUT2D eigenvalue weighted by molar-refractivity contribution is 6.32. The van der Waals surface area contributed by atoms with Crippen molar-refractivity contribution in [1.82, 2.24) is 0 Å². The number of carboxylic acids is 1. The molecule has 0 aromatic heterocycles. The Morgan fingerprint density at radius 2 is 1.93 bits per heavy atom. The number of ketones is 1. The predicted molar refractivity (Wildman–Crippen MR) is 54.2 cm³/mol. The Hall–Kier alpha value is -1.81. The summed E-state index contributed by atoms with van der Waals surface area (Å²) in [6, 6.07) is 3.89. The number of carbonyl (C=O) groups excluding carboxylic acids is 1. The van der Waals surface area contributed by atoms with Crippen molar-refractivity contribution in [3.05, 3.63) is 40.9 Å². The van der Waals surface area contributed by atoms with E-state index in [4.69, 9.17) is 21.8 Å². The Kier molecular flexibility index (Phi) is 3.46. The molecule has 78 valence electrons. The maximum absolute atomic E-state index is 11.3. The maximum atomic E-state index is 11.3. The number of hydrogen-bond acceptors (Lipinski definition) is 3. The standard InChI is InChI=1S/C10H7ClO4/c11-7-5-6(1-2-9(7)13)8(12)3-4-10(14)15/h1-5,13H,(H,14,15)/b4-3+. The molecule has 2 N–H and O–H groups in total. The smallest absolute Gasteiger partial charge is 0.328 e. The number of allylic oxidation sites excluding steroid dienone is 1. The van der Waals surface area contributed by atoms with Crippen molar-refractivity contribution in [3.8, 4) is 5.75 Å². The summed E-state index contributed by atoms with van der Waals surface area (Å²) in [5, 5.41) is 17.4. The largest absolute Gasteiger partial charge is 0.506 e. The number of carboxylic acid groups (broad SMARTS) is 1. The molecule has 15 heavy (non-hydrogen) atoms. The van der Waals surface area contributed by atoms with Crippen LogP contribution in [0, 0.1) is 0 Å². The molecule has 0 saturated carbocycles. The van der Waals surface area contributed by atoms with Gasteiger partial charge in [-0.1, -0.05) is 11.6 Å². The van der Waals surface area contributed by atoms with Crippen molar-refractivity contribution in [2.24, 2.45) is 0 Å². The zero-order valence-electron chi connectivity index (χ0n) is 7.48. The van der Waals surface area contributed by atoms with E-state index in [0.717, 1.165) is 12.2 Å². The van der Waals surface area contributed by atoms with Gasteiger partial charge in [0.1, 0.15) is 5.75 Å². The average molecular weight is 227 g/mol. The molecule has 0 heterocycles. The number of aromatic hydroxyl groups is 1. The van der Waals surface area contributed by atoms with Crippen LogP contribution >= 0.6 is 11.6 Å². The van der Waals surface area contributed by atoms with Gasteiger partial charge in [0.2, 0.25) is 0 Å². The van der Waals surface area contributed by atoms with Gasteiger partial charge >= 0.3 is 5.97 Å². The molecule has 0 amide bonds. The van der Waals surface area contributed by atoms with E-state index in [2.05, 4.69) is 0 Å². The maximum Gasteiger partial charge on any atom is 0.328 e. The van der Waals surface area contributed by atoms with Crippen molar-refractivity contribution < 1.29 is 19.8 Å². The number of aliphatic carboxylic acids is 1. The molecule has 0 aliphatic carbocycles. The highest BCUT2D eigenvalue weighted by Crippen LogP contribution is 2.23. The lowest BCUT2D eigenvalue weighted by Gasteiger charge is -1.98. The van der Waals surface area contributed by atoms with E-state index in [1.807, 2.05) is 0 Å². The lowest BCUT2D eigenvalue weighted by atomic mass is 10.1. The normalized spacial score (nSPS) is 10.5. The lowest BCUT2D eigenvalue weighted by Crippen LogP contribution is -1.96. The Morgan fingerprint density at radius 3 is 2.47 bits per heavy atom. The van der Waals surface area contributed by atoms with Crippen LogP contribution < -0.4 is 0 Å². The second-order valence-electron chi connectivity index (χ2n) is 2.70. The third-order valence-electron chi connectivity index (χ3n) is 1.61. The fraction of sp³-hybridized carbons (Fsp3) is 0. The third-order valence-corrected chi connectivity index (χ3v) is 1.91. The summed E-state index contributed by atoms with van der Waals surface area (Å²) in [4.78, 5) is 21.5. The number of carbonyl (C=O) groups is 2. The second-order valence-corrected chi connectivity index (χ2v) is 3.11. The SMILES string of the molecule is O=C(O)/C=C/C(=O)c1ccc(O)c(Cl)c1. The first-order valence-electron chi connectivity index (χ1n) is 3.94. The van der Waals surface area contributed by atoms with Crippen LogP contribution in [-0.4, -0.2) is 22.0 Å². The summed E-state index contributed by atoms with van der Waals surface area (Å²) in [7, 11) is 0. The number of rotatable bonds is 3. The number of benzene rings is 1. The van der Waals surface area contributed by atoms with Gasteiger partial charge in [0.15, 0.2) is 5.78 Å².